The van der Waals surface area contributed by atoms with Crippen LogP contribution in [0.25, 0.3) is 0 Å². The van der Waals surface area contributed by atoms with E-state index in [-0.39, 0.29) is 29.5 Å². The second-order valence-corrected chi connectivity index (χ2v) is 9.98. The fraction of sp³-hybridized carbons (Fsp3) is 0.824. The Morgan fingerprint density at radius 1 is 1.08 bits per heavy atom. The van der Waals surface area contributed by atoms with Gasteiger partial charge in [-0.2, -0.15) is 4.98 Å². The summed E-state index contributed by atoms with van der Waals surface area (Å²) in [4.78, 5) is 21.2. The quantitative estimate of drug-likeness (QED) is 0.758. The molecular formula is C17H26N4O4S. The maximum absolute atomic E-state index is 12.8. The van der Waals surface area contributed by atoms with Gasteiger partial charge >= 0.3 is 0 Å². The molecule has 1 amide bonds. The molecule has 1 aromatic heterocycles. The summed E-state index contributed by atoms with van der Waals surface area (Å²) in [5.41, 5.74) is 0. The van der Waals surface area contributed by atoms with E-state index in [9.17, 15) is 13.2 Å². The Kier molecular flexibility index (Phi) is 5.00. The van der Waals surface area contributed by atoms with Gasteiger partial charge in [0.25, 0.3) is 0 Å². The van der Waals surface area contributed by atoms with Gasteiger partial charge in [-0.1, -0.05) is 5.16 Å². The van der Waals surface area contributed by atoms with Gasteiger partial charge in [0.2, 0.25) is 12.3 Å². The first-order valence-corrected chi connectivity index (χ1v) is 11.3. The van der Waals surface area contributed by atoms with E-state index in [1.807, 2.05) is 4.90 Å². The zero-order valence-corrected chi connectivity index (χ0v) is 15.7. The van der Waals surface area contributed by atoms with E-state index in [4.69, 9.17) is 4.52 Å². The van der Waals surface area contributed by atoms with E-state index in [1.54, 1.807) is 0 Å². The lowest BCUT2D eigenvalue weighted by atomic mass is 9.91. The van der Waals surface area contributed by atoms with Crippen molar-refractivity contribution in [3.63, 3.8) is 0 Å². The van der Waals surface area contributed by atoms with E-state index in [0.717, 1.165) is 64.1 Å². The number of amides is 1. The van der Waals surface area contributed by atoms with Crippen LogP contribution in [-0.2, 0) is 14.6 Å². The van der Waals surface area contributed by atoms with Crippen LogP contribution in [0.3, 0.4) is 0 Å². The third-order valence-corrected chi connectivity index (χ3v) is 7.90. The molecular weight excluding hydrogens is 356 g/mol. The second-order valence-electron chi connectivity index (χ2n) is 7.76. The molecule has 26 heavy (non-hydrogen) atoms. The largest absolute Gasteiger partial charge is 0.343 e. The van der Waals surface area contributed by atoms with Gasteiger partial charge < -0.3 is 9.42 Å². The predicted octanol–water partition coefficient (Wildman–Crippen LogP) is 0.675. The summed E-state index contributed by atoms with van der Waals surface area (Å²) < 4.78 is 28.2. The summed E-state index contributed by atoms with van der Waals surface area (Å²) in [6.45, 7) is 3.16. The lowest BCUT2D eigenvalue weighted by Crippen LogP contribution is -2.47. The van der Waals surface area contributed by atoms with Crippen LogP contribution in [0.2, 0.25) is 0 Å². The molecule has 9 heteroatoms. The summed E-state index contributed by atoms with van der Waals surface area (Å²) in [6, 6.07) is 0.154. The number of hydrogen-bond acceptors (Lipinski definition) is 7. The topological polar surface area (TPSA) is 96.6 Å². The number of aromatic nitrogens is 2. The van der Waals surface area contributed by atoms with E-state index >= 15 is 0 Å². The highest BCUT2D eigenvalue weighted by Gasteiger charge is 2.37. The molecule has 3 aliphatic heterocycles. The Hall–Kier alpha value is -1.48. The Bertz CT molecular complexity index is 720. The average Bonchev–Trinajstić information content (AvgIpc) is 3.31. The maximum atomic E-state index is 12.8. The van der Waals surface area contributed by atoms with E-state index in [0.29, 0.717) is 5.75 Å². The number of rotatable bonds is 3. The van der Waals surface area contributed by atoms with Crippen LogP contribution in [0.5, 0.6) is 0 Å². The Balaban J connectivity index is 1.25. The first kappa shape index (κ1) is 17.9. The van der Waals surface area contributed by atoms with Crippen molar-refractivity contribution in [3.05, 3.63) is 12.2 Å². The molecule has 0 radical (unpaired) electrons. The van der Waals surface area contributed by atoms with E-state index in [1.165, 1.54) is 6.39 Å². The molecule has 0 aromatic carbocycles. The van der Waals surface area contributed by atoms with Crippen molar-refractivity contribution in [1.82, 2.24) is 19.9 Å². The summed E-state index contributed by atoms with van der Waals surface area (Å²) in [6.07, 6.45) is 5.52. The normalized spacial score (nSPS) is 28.5. The molecule has 1 aromatic rings. The van der Waals surface area contributed by atoms with Crippen molar-refractivity contribution in [2.75, 3.05) is 37.7 Å². The van der Waals surface area contributed by atoms with Gasteiger partial charge in [-0.3, -0.25) is 9.69 Å². The van der Waals surface area contributed by atoms with Crippen LogP contribution >= 0.6 is 0 Å². The number of likely N-dealkylation sites (tertiary alicyclic amines) is 2. The molecule has 0 spiro atoms. The maximum Gasteiger partial charge on any atom is 0.225 e. The van der Waals surface area contributed by atoms with Gasteiger partial charge in [0, 0.05) is 31.0 Å². The van der Waals surface area contributed by atoms with Crippen molar-refractivity contribution in [2.24, 2.45) is 5.92 Å². The minimum absolute atomic E-state index is 0.0750. The number of sulfone groups is 1. The van der Waals surface area contributed by atoms with Gasteiger partial charge in [0.1, 0.15) is 0 Å². The summed E-state index contributed by atoms with van der Waals surface area (Å²) >= 11 is 0. The zero-order chi connectivity index (χ0) is 18.1. The molecule has 144 valence electrons. The highest BCUT2D eigenvalue weighted by molar-refractivity contribution is 7.91. The molecule has 0 bridgehead atoms. The third kappa shape index (κ3) is 3.78. The molecule has 3 fully saturated rings. The molecule has 0 aliphatic carbocycles. The molecule has 8 nitrogen and oxygen atoms in total. The molecule has 0 saturated carbocycles. The predicted molar refractivity (Wildman–Crippen MR) is 94.2 cm³/mol. The van der Waals surface area contributed by atoms with Crippen LogP contribution in [-0.4, -0.2) is 78.0 Å². The highest BCUT2D eigenvalue weighted by atomic mass is 32.2. The highest BCUT2D eigenvalue weighted by Crippen LogP contribution is 2.29. The van der Waals surface area contributed by atoms with Crippen LogP contribution in [0, 0.1) is 5.92 Å². The van der Waals surface area contributed by atoms with Crippen molar-refractivity contribution >= 4 is 15.7 Å². The van der Waals surface area contributed by atoms with Crippen LogP contribution in [0.15, 0.2) is 10.9 Å². The number of carbonyl (C=O) groups excluding carboxylic acids is 1. The first-order valence-electron chi connectivity index (χ1n) is 9.51. The summed E-state index contributed by atoms with van der Waals surface area (Å²) in [7, 11) is -2.85. The van der Waals surface area contributed by atoms with Gasteiger partial charge in [0.05, 0.1) is 11.5 Å². The number of nitrogens with zero attached hydrogens (tertiary/aromatic N) is 4. The van der Waals surface area contributed by atoms with Gasteiger partial charge in [-0.15, -0.1) is 0 Å². The van der Waals surface area contributed by atoms with E-state index in [2.05, 4.69) is 15.0 Å². The zero-order valence-electron chi connectivity index (χ0n) is 14.9. The number of piperidine rings is 2. The lowest BCUT2D eigenvalue weighted by molar-refractivity contribution is -0.138. The number of hydrogen-bond donors (Lipinski definition) is 0. The molecule has 3 aliphatic rings. The fourth-order valence-corrected chi connectivity index (χ4v) is 6.31. The summed E-state index contributed by atoms with van der Waals surface area (Å²) in [5.74, 6) is 1.96. The van der Waals surface area contributed by atoms with Crippen LogP contribution in [0.1, 0.15) is 43.8 Å². The second kappa shape index (κ2) is 7.26. The molecule has 0 unspecified atom stereocenters. The number of carbonyl (C=O) groups is 1. The van der Waals surface area contributed by atoms with Gasteiger partial charge in [-0.05, 0) is 45.2 Å². The van der Waals surface area contributed by atoms with Gasteiger partial charge in [0.15, 0.2) is 15.7 Å². The van der Waals surface area contributed by atoms with Crippen molar-refractivity contribution in [1.29, 1.82) is 0 Å². The molecule has 4 rings (SSSR count). The lowest BCUT2D eigenvalue weighted by Gasteiger charge is -2.38. The average molecular weight is 382 g/mol. The monoisotopic (exact) mass is 382 g/mol. The van der Waals surface area contributed by atoms with Crippen molar-refractivity contribution in [3.8, 4) is 0 Å². The molecule has 1 atom stereocenters. The smallest absolute Gasteiger partial charge is 0.225 e. The molecule has 3 saturated heterocycles. The minimum Gasteiger partial charge on any atom is -0.343 e. The van der Waals surface area contributed by atoms with Crippen LogP contribution in [0.4, 0.5) is 0 Å². The SMILES string of the molecule is O=C(C1CCN([C@@H]2CCS(=O)(=O)C2)CC1)N1CCC(c2ncon2)CC1. The summed E-state index contributed by atoms with van der Waals surface area (Å²) in [5, 5.41) is 3.92. The fourth-order valence-electron chi connectivity index (χ4n) is 4.55. The van der Waals surface area contributed by atoms with Crippen molar-refractivity contribution < 1.29 is 17.7 Å². The standard InChI is InChI=1S/C17H26N4O4S/c22-17(21-8-1-13(2-9-21)16-18-12-25-19-16)14-3-6-20(7-4-14)15-5-10-26(23,24)11-15/h12-15H,1-11H2/t15-/m1/s1. The molecule has 4 heterocycles. The first-order chi connectivity index (χ1) is 12.5. The van der Waals surface area contributed by atoms with E-state index < -0.39 is 9.84 Å². The Morgan fingerprint density at radius 2 is 1.81 bits per heavy atom. The van der Waals surface area contributed by atoms with Gasteiger partial charge in [-0.25, -0.2) is 8.42 Å². The van der Waals surface area contributed by atoms with Crippen molar-refractivity contribution in [2.45, 2.75) is 44.1 Å². The minimum atomic E-state index is -2.85. The Morgan fingerprint density at radius 3 is 2.38 bits per heavy atom. The Labute approximate surface area is 153 Å². The molecule has 0 N–H and O–H groups in total. The third-order valence-electron chi connectivity index (χ3n) is 6.15. The van der Waals surface area contributed by atoms with Crippen LogP contribution < -0.4 is 0 Å².